The zero-order valence-electron chi connectivity index (χ0n) is 11.4. The smallest absolute Gasteiger partial charge is 0.177 e. The Bertz CT molecular complexity index is 494. The van der Waals surface area contributed by atoms with Crippen molar-refractivity contribution in [2.75, 3.05) is 21.3 Å². The summed E-state index contributed by atoms with van der Waals surface area (Å²) in [7, 11) is 5.13. The summed E-state index contributed by atoms with van der Waals surface area (Å²) in [5, 5.41) is 7.58. The molecule has 2 aromatic rings. The molecule has 5 heteroatoms. The van der Waals surface area contributed by atoms with E-state index in [1.54, 1.807) is 20.4 Å². The van der Waals surface area contributed by atoms with Crippen molar-refractivity contribution in [3.63, 3.8) is 0 Å². The normalized spacial score (nSPS) is 12.8. The lowest BCUT2D eigenvalue weighted by Crippen LogP contribution is -2.33. The molecule has 0 fully saturated rings. The number of methoxy groups -OCH3 is 2. The van der Waals surface area contributed by atoms with Crippen LogP contribution >= 0.6 is 0 Å². The fourth-order valence-electron chi connectivity index (χ4n) is 2.13. The maximum Gasteiger partial charge on any atom is 0.177 e. The summed E-state index contributed by atoms with van der Waals surface area (Å²) in [5.74, 6) is 0. The van der Waals surface area contributed by atoms with Gasteiger partial charge in [-0.15, -0.1) is 0 Å². The van der Waals surface area contributed by atoms with Gasteiger partial charge in [-0.25, -0.2) is 4.68 Å². The molecule has 1 heterocycles. The third kappa shape index (κ3) is 2.84. The highest BCUT2D eigenvalue weighted by atomic mass is 16.7. The molecule has 2 rings (SSSR count). The van der Waals surface area contributed by atoms with E-state index in [4.69, 9.17) is 9.47 Å². The average molecular weight is 261 g/mol. The molecule has 0 saturated carbocycles. The van der Waals surface area contributed by atoms with Crippen LogP contribution in [0.15, 0.2) is 42.6 Å². The van der Waals surface area contributed by atoms with E-state index in [2.05, 4.69) is 10.4 Å². The topological polar surface area (TPSA) is 48.3 Å². The number of rotatable bonds is 6. The second-order valence-corrected chi connectivity index (χ2v) is 4.11. The number of hydrogen-bond donors (Lipinski definition) is 1. The van der Waals surface area contributed by atoms with Crippen LogP contribution in [0.1, 0.15) is 11.7 Å². The molecule has 5 nitrogen and oxygen atoms in total. The number of likely N-dealkylation sites (N-methyl/N-ethyl adjacent to an activating group) is 1. The van der Waals surface area contributed by atoms with Crippen molar-refractivity contribution >= 4 is 0 Å². The Labute approximate surface area is 113 Å². The molecule has 1 aromatic heterocycles. The Morgan fingerprint density at radius 2 is 1.79 bits per heavy atom. The summed E-state index contributed by atoms with van der Waals surface area (Å²) in [6, 6.07) is 11.8. The molecule has 1 atom stereocenters. The van der Waals surface area contributed by atoms with Crippen LogP contribution in [-0.4, -0.2) is 37.3 Å². The van der Waals surface area contributed by atoms with Gasteiger partial charge in [0, 0.05) is 20.4 Å². The summed E-state index contributed by atoms with van der Waals surface area (Å²) < 4.78 is 12.6. The third-order valence-electron chi connectivity index (χ3n) is 3.04. The monoisotopic (exact) mass is 261 g/mol. The highest BCUT2D eigenvalue weighted by Crippen LogP contribution is 2.21. The molecule has 0 radical (unpaired) electrons. The highest BCUT2D eigenvalue weighted by molar-refractivity contribution is 5.33. The van der Waals surface area contributed by atoms with Crippen LogP contribution in [0, 0.1) is 0 Å². The van der Waals surface area contributed by atoms with Crippen molar-refractivity contribution in [3.05, 3.63) is 48.3 Å². The largest absolute Gasteiger partial charge is 0.354 e. The Morgan fingerprint density at radius 1 is 1.11 bits per heavy atom. The fraction of sp³-hybridized carbons (Fsp3) is 0.357. The second kappa shape index (κ2) is 6.47. The SMILES string of the molecule is CNC(c1ccnn1-c1ccccc1)C(OC)OC. The first-order valence-electron chi connectivity index (χ1n) is 6.14. The second-order valence-electron chi connectivity index (χ2n) is 4.11. The Hall–Kier alpha value is -1.69. The maximum absolute atomic E-state index is 5.34. The van der Waals surface area contributed by atoms with Crippen molar-refractivity contribution in [3.8, 4) is 5.69 Å². The van der Waals surface area contributed by atoms with Gasteiger partial charge >= 0.3 is 0 Å². The van der Waals surface area contributed by atoms with Crippen LogP contribution in [0.4, 0.5) is 0 Å². The van der Waals surface area contributed by atoms with Crippen LogP contribution in [0.5, 0.6) is 0 Å². The van der Waals surface area contributed by atoms with Crippen molar-refractivity contribution in [1.82, 2.24) is 15.1 Å². The van der Waals surface area contributed by atoms with Gasteiger partial charge in [0.05, 0.1) is 11.4 Å². The van der Waals surface area contributed by atoms with E-state index in [1.165, 1.54) is 0 Å². The molecule has 0 aliphatic rings. The number of nitrogens with zero attached hydrogens (tertiary/aromatic N) is 2. The molecule has 102 valence electrons. The van der Waals surface area contributed by atoms with E-state index in [1.807, 2.05) is 48.1 Å². The van der Waals surface area contributed by atoms with Crippen molar-refractivity contribution in [2.24, 2.45) is 0 Å². The predicted molar refractivity (Wildman–Crippen MR) is 73.2 cm³/mol. The van der Waals surface area contributed by atoms with E-state index in [-0.39, 0.29) is 12.3 Å². The van der Waals surface area contributed by atoms with Gasteiger partial charge in [0.15, 0.2) is 6.29 Å². The van der Waals surface area contributed by atoms with Crippen LogP contribution in [0.2, 0.25) is 0 Å². The van der Waals surface area contributed by atoms with E-state index in [9.17, 15) is 0 Å². The first-order chi connectivity index (χ1) is 9.31. The third-order valence-corrected chi connectivity index (χ3v) is 3.04. The summed E-state index contributed by atoms with van der Waals surface area (Å²) in [4.78, 5) is 0. The lowest BCUT2D eigenvalue weighted by molar-refractivity contribution is -0.124. The number of para-hydroxylation sites is 1. The van der Waals surface area contributed by atoms with Crippen molar-refractivity contribution in [2.45, 2.75) is 12.3 Å². The summed E-state index contributed by atoms with van der Waals surface area (Å²) in [5.41, 5.74) is 2.00. The molecule has 0 spiro atoms. The first-order valence-corrected chi connectivity index (χ1v) is 6.14. The predicted octanol–water partition coefficient (Wildman–Crippen LogP) is 1.75. The van der Waals surface area contributed by atoms with Crippen LogP contribution in [0.25, 0.3) is 5.69 Å². The molecule has 1 unspecified atom stereocenters. The van der Waals surface area contributed by atoms with E-state index < -0.39 is 0 Å². The standard InChI is InChI=1S/C14H19N3O2/c1-15-13(14(18-2)19-3)12-9-10-16-17(12)11-7-5-4-6-8-11/h4-10,13-15H,1-3H3. The quantitative estimate of drug-likeness (QED) is 0.805. The number of hydrogen-bond acceptors (Lipinski definition) is 4. The van der Waals surface area contributed by atoms with Gasteiger partial charge in [0.2, 0.25) is 0 Å². The molecule has 0 amide bonds. The maximum atomic E-state index is 5.34. The summed E-state index contributed by atoms with van der Waals surface area (Å²) in [6.45, 7) is 0. The van der Waals surface area contributed by atoms with E-state index in [0.29, 0.717) is 0 Å². The number of ether oxygens (including phenoxy) is 2. The summed E-state index contributed by atoms with van der Waals surface area (Å²) >= 11 is 0. The zero-order chi connectivity index (χ0) is 13.7. The van der Waals surface area contributed by atoms with Crippen molar-refractivity contribution in [1.29, 1.82) is 0 Å². The Morgan fingerprint density at radius 3 is 2.37 bits per heavy atom. The minimum Gasteiger partial charge on any atom is -0.354 e. The molecule has 0 aliphatic heterocycles. The van der Waals surface area contributed by atoms with E-state index >= 15 is 0 Å². The molecular formula is C14H19N3O2. The molecular weight excluding hydrogens is 242 g/mol. The molecule has 19 heavy (non-hydrogen) atoms. The Balaban J connectivity index is 2.38. The molecule has 0 aliphatic carbocycles. The highest BCUT2D eigenvalue weighted by Gasteiger charge is 2.24. The lowest BCUT2D eigenvalue weighted by Gasteiger charge is -2.25. The van der Waals surface area contributed by atoms with Gasteiger partial charge in [-0.05, 0) is 25.2 Å². The molecule has 1 N–H and O–H groups in total. The van der Waals surface area contributed by atoms with Crippen LogP contribution in [0.3, 0.4) is 0 Å². The molecule has 0 bridgehead atoms. The van der Waals surface area contributed by atoms with Gasteiger partial charge in [-0.1, -0.05) is 18.2 Å². The summed E-state index contributed by atoms with van der Waals surface area (Å²) in [6.07, 6.45) is 1.40. The number of benzene rings is 1. The van der Waals surface area contributed by atoms with Gasteiger partial charge in [0.1, 0.15) is 6.04 Å². The van der Waals surface area contributed by atoms with Gasteiger partial charge < -0.3 is 14.8 Å². The van der Waals surface area contributed by atoms with Crippen LogP contribution < -0.4 is 5.32 Å². The minimum absolute atomic E-state index is 0.0993. The zero-order valence-corrected chi connectivity index (χ0v) is 11.4. The average Bonchev–Trinajstić information content (AvgIpc) is 2.94. The molecule has 1 aromatic carbocycles. The number of nitrogens with one attached hydrogen (secondary N) is 1. The van der Waals surface area contributed by atoms with Gasteiger partial charge in [-0.2, -0.15) is 5.10 Å². The fourth-order valence-corrected chi connectivity index (χ4v) is 2.13. The van der Waals surface area contributed by atoms with Crippen molar-refractivity contribution < 1.29 is 9.47 Å². The minimum atomic E-state index is -0.371. The van der Waals surface area contributed by atoms with Crippen LogP contribution in [-0.2, 0) is 9.47 Å². The lowest BCUT2D eigenvalue weighted by atomic mass is 10.2. The first kappa shape index (κ1) is 13.7. The van der Waals surface area contributed by atoms with Gasteiger partial charge in [0.25, 0.3) is 0 Å². The number of aromatic nitrogens is 2. The van der Waals surface area contributed by atoms with Gasteiger partial charge in [-0.3, -0.25) is 0 Å². The molecule has 0 saturated heterocycles. The van der Waals surface area contributed by atoms with E-state index in [0.717, 1.165) is 11.4 Å². The Kier molecular flexibility index (Phi) is 4.68.